The van der Waals surface area contributed by atoms with E-state index in [4.69, 9.17) is 4.42 Å². The lowest BCUT2D eigenvalue weighted by molar-refractivity contribution is -0.113. The molecule has 2 heterocycles. The molecule has 0 radical (unpaired) electrons. The number of thioether (sulfide) groups is 1. The highest BCUT2D eigenvalue weighted by atomic mass is 32.2. The zero-order valence-electron chi connectivity index (χ0n) is 16.2. The minimum absolute atomic E-state index is 0.111. The number of amides is 1. The molecule has 0 aliphatic rings. The van der Waals surface area contributed by atoms with Crippen LogP contribution in [-0.4, -0.2) is 26.8 Å². The molecule has 0 unspecified atom stereocenters. The second kappa shape index (κ2) is 8.76. The highest BCUT2D eigenvalue weighted by molar-refractivity contribution is 7.99. The van der Waals surface area contributed by atoms with Crippen LogP contribution in [0.4, 0.5) is 9.52 Å². The summed E-state index contributed by atoms with van der Waals surface area (Å²) in [7, 11) is 0. The summed E-state index contributed by atoms with van der Waals surface area (Å²) >= 11 is 2.46. The van der Waals surface area contributed by atoms with E-state index in [0.29, 0.717) is 21.9 Å². The van der Waals surface area contributed by atoms with Gasteiger partial charge in [0, 0.05) is 16.5 Å². The molecule has 152 valence electrons. The average Bonchev–Trinajstić information content (AvgIpc) is 3.39. The minimum Gasteiger partial charge on any atom is -0.411 e. The Morgan fingerprint density at radius 1 is 1.10 bits per heavy atom. The third kappa shape index (κ3) is 4.74. The predicted molar refractivity (Wildman–Crippen MR) is 116 cm³/mol. The molecule has 0 aliphatic heterocycles. The SMILES string of the molecule is Cc1ccc(-c2nnc(SCC(=O)Nc3nc(-c4ccc(F)cc4)cs3)o2)cc1C. The van der Waals surface area contributed by atoms with Crippen LogP contribution in [-0.2, 0) is 4.79 Å². The number of hydrogen-bond acceptors (Lipinski definition) is 7. The molecular formula is C21H17FN4O2S2. The van der Waals surface area contributed by atoms with Gasteiger partial charge in [-0.3, -0.25) is 4.79 Å². The number of nitrogens with zero attached hydrogens (tertiary/aromatic N) is 3. The number of anilines is 1. The summed E-state index contributed by atoms with van der Waals surface area (Å²) < 4.78 is 18.7. The Balaban J connectivity index is 1.34. The third-order valence-electron chi connectivity index (χ3n) is 4.38. The number of halogens is 1. The van der Waals surface area contributed by atoms with Crippen LogP contribution in [0.2, 0.25) is 0 Å². The molecular weight excluding hydrogens is 423 g/mol. The van der Waals surface area contributed by atoms with Gasteiger partial charge in [-0.2, -0.15) is 0 Å². The van der Waals surface area contributed by atoms with Gasteiger partial charge >= 0.3 is 0 Å². The number of thiazole rings is 1. The Morgan fingerprint density at radius 3 is 2.63 bits per heavy atom. The van der Waals surface area contributed by atoms with E-state index in [1.165, 1.54) is 29.0 Å². The number of aryl methyl sites for hydroxylation is 2. The summed E-state index contributed by atoms with van der Waals surface area (Å²) in [6.07, 6.45) is 0. The van der Waals surface area contributed by atoms with Crippen molar-refractivity contribution < 1.29 is 13.6 Å². The molecule has 0 bridgehead atoms. The summed E-state index contributed by atoms with van der Waals surface area (Å²) in [4.78, 5) is 16.6. The predicted octanol–water partition coefficient (Wildman–Crippen LogP) is 5.35. The maximum atomic E-state index is 13.0. The summed E-state index contributed by atoms with van der Waals surface area (Å²) in [6, 6.07) is 12.0. The molecule has 4 rings (SSSR count). The van der Waals surface area contributed by atoms with E-state index >= 15 is 0 Å². The van der Waals surface area contributed by atoms with Crippen molar-refractivity contribution in [3.63, 3.8) is 0 Å². The fourth-order valence-corrected chi connectivity index (χ4v) is 3.93. The molecule has 0 atom stereocenters. The zero-order chi connectivity index (χ0) is 21.1. The van der Waals surface area contributed by atoms with Gasteiger partial charge in [0.1, 0.15) is 5.82 Å². The van der Waals surface area contributed by atoms with Crippen molar-refractivity contribution in [3.8, 4) is 22.7 Å². The average molecular weight is 441 g/mol. The van der Waals surface area contributed by atoms with Gasteiger partial charge in [-0.25, -0.2) is 9.37 Å². The van der Waals surface area contributed by atoms with Gasteiger partial charge in [-0.1, -0.05) is 17.8 Å². The lowest BCUT2D eigenvalue weighted by atomic mass is 10.1. The van der Waals surface area contributed by atoms with Gasteiger partial charge in [0.25, 0.3) is 5.22 Å². The normalized spacial score (nSPS) is 10.9. The van der Waals surface area contributed by atoms with Crippen molar-refractivity contribution in [1.29, 1.82) is 0 Å². The summed E-state index contributed by atoms with van der Waals surface area (Å²) in [5.41, 5.74) is 4.64. The molecule has 6 nitrogen and oxygen atoms in total. The van der Waals surface area contributed by atoms with Gasteiger partial charge in [0.2, 0.25) is 11.8 Å². The molecule has 0 fully saturated rings. The lowest BCUT2D eigenvalue weighted by Crippen LogP contribution is -2.13. The van der Waals surface area contributed by atoms with E-state index < -0.39 is 0 Å². The monoisotopic (exact) mass is 440 g/mol. The van der Waals surface area contributed by atoms with E-state index in [2.05, 4.69) is 20.5 Å². The van der Waals surface area contributed by atoms with Crippen LogP contribution in [0.3, 0.4) is 0 Å². The molecule has 1 amide bonds. The Labute approximate surface area is 180 Å². The number of nitrogens with one attached hydrogen (secondary N) is 1. The molecule has 1 N–H and O–H groups in total. The van der Waals surface area contributed by atoms with Gasteiger partial charge in [0.05, 0.1) is 11.4 Å². The van der Waals surface area contributed by atoms with Crippen LogP contribution >= 0.6 is 23.1 Å². The molecule has 0 aliphatic carbocycles. The number of benzene rings is 2. The second-order valence-corrected chi connectivity index (χ2v) is 8.34. The fourth-order valence-electron chi connectivity index (χ4n) is 2.63. The van der Waals surface area contributed by atoms with Crippen LogP contribution in [0.1, 0.15) is 11.1 Å². The number of hydrogen-bond donors (Lipinski definition) is 1. The Morgan fingerprint density at radius 2 is 1.87 bits per heavy atom. The maximum Gasteiger partial charge on any atom is 0.277 e. The van der Waals surface area contributed by atoms with Gasteiger partial charge in [-0.15, -0.1) is 21.5 Å². The molecule has 9 heteroatoms. The van der Waals surface area contributed by atoms with Crippen LogP contribution < -0.4 is 5.32 Å². The number of carbonyl (C=O) groups is 1. The zero-order valence-corrected chi connectivity index (χ0v) is 17.8. The summed E-state index contributed by atoms with van der Waals surface area (Å²) in [6.45, 7) is 4.06. The fraction of sp³-hybridized carbons (Fsp3) is 0.143. The van der Waals surface area contributed by atoms with Crippen LogP contribution in [0.15, 0.2) is 57.5 Å². The van der Waals surface area contributed by atoms with E-state index in [1.807, 2.05) is 37.4 Å². The molecule has 2 aromatic heterocycles. The highest BCUT2D eigenvalue weighted by Crippen LogP contribution is 2.27. The summed E-state index contributed by atoms with van der Waals surface area (Å²) in [5, 5.41) is 13.4. The molecule has 0 saturated heterocycles. The van der Waals surface area contributed by atoms with E-state index in [1.54, 1.807) is 12.1 Å². The first-order valence-corrected chi connectivity index (χ1v) is 10.9. The van der Waals surface area contributed by atoms with Crippen molar-refractivity contribution in [1.82, 2.24) is 15.2 Å². The first-order chi connectivity index (χ1) is 14.5. The molecule has 2 aromatic carbocycles. The van der Waals surface area contributed by atoms with Crippen LogP contribution in [0.5, 0.6) is 0 Å². The van der Waals surface area contributed by atoms with Crippen molar-refractivity contribution in [2.24, 2.45) is 0 Å². The topological polar surface area (TPSA) is 80.9 Å². The van der Waals surface area contributed by atoms with Crippen molar-refractivity contribution in [2.45, 2.75) is 19.1 Å². The van der Waals surface area contributed by atoms with E-state index in [9.17, 15) is 9.18 Å². The second-order valence-electron chi connectivity index (χ2n) is 6.55. The smallest absolute Gasteiger partial charge is 0.277 e. The largest absolute Gasteiger partial charge is 0.411 e. The first-order valence-electron chi connectivity index (χ1n) is 9.03. The molecule has 4 aromatic rings. The van der Waals surface area contributed by atoms with Crippen molar-refractivity contribution in [2.75, 3.05) is 11.1 Å². The van der Waals surface area contributed by atoms with Crippen molar-refractivity contribution >= 4 is 34.1 Å². The molecule has 0 saturated carbocycles. The lowest BCUT2D eigenvalue weighted by Gasteiger charge is -2.01. The van der Waals surface area contributed by atoms with Gasteiger partial charge in [0.15, 0.2) is 5.13 Å². The van der Waals surface area contributed by atoms with E-state index in [0.717, 1.165) is 28.5 Å². The van der Waals surface area contributed by atoms with Gasteiger partial charge in [-0.05, 0) is 61.4 Å². The number of rotatable bonds is 6. The van der Waals surface area contributed by atoms with Crippen LogP contribution in [0.25, 0.3) is 22.7 Å². The Bertz CT molecular complexity index is 1190. The standard InChI is InChI=1S/C21H17FN4O2S2/c1-12-3-4-15(9-13(12)2)19-25-26-21(28-19)30-11-18(27)24-20-23-17(10-29-20)14-5-7-16(22)8-6-14/h3-10H,11H2,1-2H3,(H,23,24,27). The number of carbonyl (C=O) groups excluding carboxylic acids is 1. The highest BCUT2D eigenvalue weighted by Gasteiger charge is 2.13. The van der Waals surface area contributed by atoms with E-state index in [-0.39, 0.29) is 17.5 Å². The van der Waals surface area contributed by atoms with Crippen LogP contribution in [0, 0.1) is 19.7 Å². The van der Waals surface area contributed by atoms with Gasteiger partial charge < -0.3 is 9.73 Å². The molecule has 0 spiro atoms. The maximum absolute atomic E-state index is 13.0. The third-order valence-corrected chi connectivity index (χ3v) is 5.95. The minimum atomic E-state index is -0.304. The Kier molecular flexibility index (Phi) is 5.91. The quantitative estimate of drug-likeness (QED) is 0.407. The Hall–Kier alpha value is -3.04. The summed E-state index contributed by atoms with van der Waals surface area (Å²) in [5.74, 6) is -0.00273. The first kappa shape index (κ1) is 20.2. The van der Waals surface area contributed by atoms with Crippen molar-refractivity contribution in [3.05, 3.63) is 64.8 Å². The molecule has 30 heavy (non-hydrogen) atoms. The number of aromatic nitrogens is 3.